The molecule has 0 bridgehead atoms. The van der Waals surface area contributed by atoms with Crippen molar-refractivity contribution in [2.24, 2.45) is 4.99 Å². The number of ether oxygens (including phenoxy) is 2. The van der Waals surface area contributed by atoms with Gasteiger partial charge in [-0.3, -0.25) is 9.89 Å². The lowest BCUT2D eigenvalue weighted by Gasteiger charge is -2.26. The van der Waals surface area contributed by atoms with Crippen LogP contribution in [0, 0.1) is 0 Å². The summed E-state index contributed by atoms with van der Waals surface area (Å²) in [5, 5.41) is 6.68. The minimum Gasteiger partial charge on any atom is -0.492 e. The van der Waals surface area contributed by atoms with Crippen LogP contribution >= 0.6 is 0 Å². The summed E-state index contributed by atoms with van der Waals surface area (Å²) in [5.41, 5.74) is 1.14. The molecule has 0 amide bonds. The SMILES string of the molecule is CCCCNC(=NC)NCc1ccccc1OCCN1CCOCC1. The van der Waals surface area contributed by atoms with Gasteiger partial charge in [0.2, 0.25) is 0 Å². The van der Waals surface area contributed by atoms with Crippen LogP contribution in [-0.4, -0.2) is 63.9 Å². The Balaban J connectivity index is 1.78. The van der Waals surface area contributed by atoms with Crippen molar-refractivity contribution in [1.29, 1.82) is 0 Å². The zero-order chi connectivity index (χ0) is 17.7. The summed E-state index contributed by atoms with van der Waals surface area (Å²) >= 11 is 0. The van der Waals surface area contributed by atoms with Crippen molar-refractivity contribution >= 4 is 5.96 Å². The fourth-order valence-corrected chi connectivity index (χ4v) is 2.68. The summed E-state index contributed by atoms with van der Waals surface area (Å²) in [7, 11) is 1.80. The average Bonchev–Trinajstić information content (AvgIpc) is 2.66. The topological polar surface area (TPSA) is 58.1 Å². The Hall–Kier alpha value is -1.79. The Kier molecular flexibility index (Phi) is 9.15. The summed E-state index contributed by atoms with van der Waals surface area (Å²) in [6, 6.07) is 8.18. The van der Waals surface area contributed by atoms with Gasteiger partial charge in [0.25, 0.3) is 0 Å². The predicted octanol–water partition coefficient (Wildman–Crippen LogP) is 1.86. The maximum Gasteiger partial charge on any atom is 0.191 e. The first kappa shape index (κ1) is 19.5. The molecule has 0 radical (unpaired) electrons. The standard InChI is InChI=1S/C19H32N4O2/c1-3-4-9-21-19(20-2)22-16-17-7-5-6-8-18(17)25-15-12-23-10-13-24-14-11-23/h5-8H,3-4,9-16H2,1-2H3,(H2,20,21,22). The number of unbranched alkanes of at least 4 members (excludes halogenated alkanes) is 1. The Labute approximate surface area is 151 Å². The summed E-state index contributed by atoms with van der Waals surface area (Å²) in [6.45, 7) is 9.08. The number of nitrogens with zero attached hydrogens (tertiary/aromatic N) is 2. The van der Waals surface area contributed by atoms with Gasteiger partial charge in [-0.2, -0.15) is 0 Å². The second kappa shape index (κ2) is 11.7. The molecular formula is C19H32N4O2. The second-order valence-corrected chi connectivity index (χ2v) is 6.12. The van der Waals surface area contributed by atoms with Crippen LogP contribution in [0.2, 0.25) is 0 Å². The molecule has 140 valence electrons. The quantitative estimate of drug-likeness (QED) is 0.405. The molecule has 6 nitrogen and oxygen atoms in total. The first-order valence-corrected chi connectivity index (χ1v) is 9.28. The smallest absolute Gasteiger partial charge is 0.191 e. The fourth-order valence-electron chi connectivity index (χ4n) is 2.68. The molecule has 0 aromatic heterocycles. The van der Waals surface area contributed by atoms with Crippen LogP contribution in [0.3, 0.4) is 0 Å². The molecule has 0 unspecified atom stereocenters. The Morgan fingerprint density at radius 1 is 1.24 bits per heavy atom. The molecule has 0 spiro atoms. The maximum atomic E-state index is 6.02. The van der Waals surface area contributed by atoms with Crippen LogP contribution in [0.1, 0.15) is 25.3 Å². The van der Waals surface area contributed by atoms with Gasteiger partial charge < -0.3 is 20.1 Å². The number of morpholine rings is 1. The largest absolute Gasteiger partial charge is 0.492 e. The monoisotopic (exact) mass is 348 g/mol. The molecule has 2 N–H and O–H groups in total. The van der Waals surface area contributed by atoms with Crippen molar-refractivity contribution in [3.8, 4) is 5.75 Å². The van der Waals surface area contributed by atoms with Gasteiger partial charge in [0, 0.05) is 45.3 Å². The molecule has 0 saturated carbocycles. The van der Waals surface area contributed by atoms with Crippen LogP contribution in [-0.2, 0) is 11.3 Å². The number of guanidine groups is 1. The summed E-state index contributed by atoms with van der Waals surface area (Å²) in [4.78, 5) is 6.64. The molecule has 2 rings (SSSR count). The Morgan fingerprint density at radius 2 is 2.04 bits per heavy atom. The van der Waals surface area contributed by atoms with E-state index in [9.17, 15) is 0 Å². The lowest BCUT2D eigenvalue weighted by Crippen LogP contribution is -2.38. The van der Waals surface area contributed by atoms with Crippen molar-refractivity contribution in [3.05, 3.63) is 29.8 Å². The molecule has 0 atom stereocenters. The highest BCUT2D eigenvalue weighted by Crippen LogP contribution is 2.17. The van der Waals surface area contributed by atoms with E-state index in [1.54, 1.807) is 7.05 Å². The van der Waals surface area contributed by atoms with Crippen molar-refractivity contribution in [2.75, 3.05) is 53.0 Å². The molecular weight excluding hydrogens is 316 g/mol. The van der Waals surface area contributed by atoms with Crippen molar-refractivity contribution in [3.63, 3.8) is 0 Å². The maximum absolute atomic E-state index is 6.02. The Morgan fingerprint density at radius 3 is 2.80 bits per heavy atom. The molecule has 1 saturated heterocycles. The van der Waals surface area contributed by atoms with Gasteiger partial charge in [-0.05, 0) is 12.5 Å². The zero-order valence-electron chi connectivity index (χ0n) is 15.6. The molecule has 1 aliphatic heterocycles. The second-order valence-electron chi connectivity index (χ2n) is 6.12. The van der Waals surface area contributed by atoms with Crippen molar-refractivity contribution in [1.82, 2.24) is 15.5 Å². The van der Waals surface area contributed by atoms with Gasteiger partial charge >= 0.3 is 0 Å². The molecule has 1 fully saturated rings. The molecule has 6 heteroatoms. The fraction of sp³-hybridized carbons (Fsp3) is 0.632. The van der Waals surface area contributed by atoms with E-state index in [1.807, 2.05) is 18.2 Å². The third-order valence-electron chi connectivity index (χ3n) is 4.23. The van der Waals surface area contributed by atoms with E-state index in [0.29, 0.717) is 13.2 Å². The normalized spacial score (nSPS) is 15.8. The van der Waals surface area contributed by atoms with Gasteiger partial charge in [-0.1, -0.05) is 31.5 Å². The van der Waals surface area contributed by atoms with Gasteiger partial charge in [-0.25, -0.2) is 0 Å². The average molecular weight is 348 g/mol. The zero-order valence-corrected chi connectivity index (χ0v) is 15.6. The molecule has 1 aliphatic rings. The summed E-state index contributed by atoms with van der Waals surface area (Å²) < 4.78 is 11.4. The first-order valence-electron chi connectivity index (χ1n) is 9.28. The lowest BCUT2D eigenvalue weighted by molar-refractivity contribution is 0.0322. The number of rotatable bonds is 9. The lowest BCUT2D eigenvalue weighted by atomic mass is 10.2. The van der Waals surface area contributed by atoms with Gasteiger partial charge in [0.1, 0.15) is 12.4 Å². The Bertz CT molecular complexity index is 516. The summed E-state index contributed by atoms with van der Waals surface area (Å²) in [5.74, 6) is 1.77. The first-order chi connectivity index (χ1) is 12.3. The number of nitrogens with one attached hydrogen (secondary N) is 2. The van der Waals surface area contributed by atoms with Gasteiger partial charge in [-0.15, -0.1) is 0 Å². The third-order valence-corrected chi connectivity index (χ3v) is 4.23. The van der Waals surface area contributed by atoms with Gasteiger partial charge in [0.15, 0.2) is 5.96 Å². The molecule has 1 heterocycles. The van der Waals surface area contributed by atoms with Crippen molar-refractivity contribution in [2.45, 2.75) is 26.3 Å². The molecule has 0 aliphatic carbocycles. The molecule has 1 aromatic carbocycles. The highest BCUT2D eigenvalue weighted by molar-refractivity contribution is 5.79. The van der Waals surface area contributed by atoms with Crippen LogP contribution in [0.25, 0.3) is 0 Å². The van der Waals surface area contributed by atoms with E-state index in [0.717, 1.165) is 63.1 Å². The highest BCUT2D eigenvalue weighted by Gasteiger charge is 2.10. The van der Waals surface area contributed by atoms with E-state index < -0.39 is 0 Å². The number of hydrogen-bond donors (Lipinski definition) is 2. The number of benzene rings is 1. The third kappa shape index (κ3) is 7.32. The number of hydrogen-bond acceptors (Lipinski definition) is 4. The number of aliphatic imine (C=N–C) groups is 1. The predicted molar refractivity (Wildman–Crippen MR) is 102 cm³/mol. The highest BCUT2D eigenvalue weighted by atomic mass is 16.5. The van der Waals surface area contributed by atoms with Crippen LogP contribution in [0.15, 0.2) is 29.3 Å². The van der Waals surface area contributed by atoms with Gasteiger partial charge in [0.05, 0.1) is 13.2 Å². The van der Waals surface area contributed by atoms with E-state index in [1.165, 1.54) is 6.42 Å². The minimum absolute atomic E-state index is 0.694. The van der Waals surface area contributed by atoms with E-state index in [-0.39, 0.29) is 0 Å². The molecule has 25 heavy (non-hydrogen) atoms. The van der Waals surface area contributed by atoms with Crippen LogP contribution in [0.4, 0.5) is 0 Å². The van der Waals surface area contributed by atoms with E-state index >= 15 is 0 Å². The van der Waals surface area contributed by atoms with Crippen molar-refractivity contribution < 1.29 is 9.47 Å². The van der Waals surface area contributed by atoms with Crippen LogP contribution in [0.5, 0.6) is 5.75 Å². The van der Waals surface area contributed by atoms with E-state index in [4.69, 9.17) is 9.47 Å². The minimum atomic E-state index is 0.694. The number of para-hydroxylation sites is 1. The molecule has 1 aromatic rings. The van der Waals surface area contributed by atoms with Crippen LogP contribution < -0.4 is 15.4 Å². The summed E-state index contributed by atoms with van der Waals surface area (Å²) in [6.07, 6.45) is 2.31. The van der Waals surface area contributed by atoms with E-state index in [2.05, 4.69) is 33.5 Å².